The summed E-state index contributed by atoms with van der Waals surface area (Å²) < 4.78 is 20.5. The minimum absolute atomic E-state index is 0.0131. The molecule has 0 aliphatic rings. The van der Waals surface area contributed by atoms with Crippen LogP contribution < -0.4 is 9.47 Å². The summed E-state index contributed by atoms with van der Waals surface area (Å²) in [5.74, 6) is -0.00949. The van der Waals surface area contributed by atoms with Crippen LogP contribution in [-0.2, 0) is 20.9 Å². The van der Waals surface area contributed by atoms with Gasteiger partial charge in [-0.15, -0.1) is 0 Å². The molecule has 6 nitrogen and oxygen atoms in total. The van der Waals surface area contributed by atoms with Crippen molar-refractivity contribution in [3.63, 3.8) is 0 Å². The lowest BCUT2D eigenvalue weighted by Gasteiger charge is -2.20. The molecule has 6 heteroatoms. The predicted molar refractivity (Wildman–Crippen MR) is 75.8 cm³/mol. The van der Waals surface area contributed by atoms with Crippen LogP contribution >= 0.6 is 0 Å². The Bertz CT molecular complexity index is 562. The quantitative estimate of drug-likeness (QED) is 0.775. The minimum atomic E-state index is -0.515. The highest BCUT2D eigenvalue weighted by molar-refractivity contribution is 5.95. The minimum Gasteiger partial charge on any atom is -0.496 e. The van der Waals surface area contributed by atoms with Crippen molar-refractivity contribution < 1.29 is 28.5 Å². The Labute approximate surface area is 123 Å². The Morgan fingerprint density at radius 3 is 1.95 bits per heavy atom. The number of carbonyl (C=O) groups is 2. The van der Waals surface area contributed by atoms with Crippen molar-refractivity contribution in [1.29, 1.82) is 0 Å². The third kappa shape index (κ3) is 3.26. The first-order valence-electron chi connectivity index (χ1n) is 6.34. The summed E-state index contributed by atoms with van der Waals surface area (Å²) in [6.45, 7) is 4.83. The van der Waals surface area contributed by atoms with Crippen LogP contribution in [0.1, 0.15) is 34.0 Å². The zero-order valence-electron chi connectivity index (χ0n) is 13.2. The number of rotatable bonds is 5. The summed E-state index contributed by atoms with van der Waals surface area (Å²) in [6.07, 6.45) is 0. The maximum atomic E-state index is 12.0. The number of benzene rings is 1. The van der Waals surface area contributed by atoms with Crippen molar-refractivity contribution in [1.82, 2.24) is 0 Å². The average molecular weight is 296 g/mol. The van der Waals surface area contributed by atoms with Gasteiger partial charge in [0.25, 0.3) is 0 Å². The maximum Gasteiger partial charge on any atom is 0.341 e. The predicted octanol–water partition coefficient (Wildman–Crippen LogP) is 2.17. The molecule has 0 amide bonds. The van der Waals surface area contributed by atoms with Crippen molar-refractivity contribution >= 4 is 11.9 Å². The molecule has 0 fully saturated rings. The van der Waals surface area contributed by atoms with E-state index in [0.29, 0.717) is 33.8 Å². The number of carbonyl (C=O) groups excluding carboxylic acids is 2. The van der Waals surface area contributed by atoms with Crippen molar-refractivity contribution in [3.05, 3.63) is 22.3 Å². The molecule has 0 unspecified atom stereocenters. The van der Waals surface area contributed by atoms with E-state index >= 15 is 0 Å². The largest absolute Gasteiger partial charge is 0.496 e. The van der Waals surface area contributed by atoms with Crippen molar-refractivity contribution in [2.24, 2.45) is 0 Å². The van der Waals surface area contributed by atoms with E-state index in [2.05, 4.69) is 0 Å². The van der Waals surface area contributed by atoms with Gasteiger partial charge in [-0.1, -0.05) is 0 Å². The number of methoxy groups -OCH3 is 3. The van der Waals surface area contributed by atoms with Gasteiger partial charge in [-0.3, -0.25) is 4.79 Å². The Morgan fingerprint density at radius 2 is 1.52 bits per heavy atom. The number of hydrogen-bond donors (Lipinski definition) is 0. The van der Waals surface area contributed by atoms with Crippen LogP contribution in [0.3, 0.4) is 0 Å². The van der Waals surface area contributed by atoms with Crippen LogP contribution in [0.5, 0.6) is 11.5 Å². The summed E-state index contributed by atoms with van der Waals surface area (Å²) in [6, 6.07) is 0. The number of esters is 2. The van der Waals surface area contributed by atoms with Gasteiger partial charge in [-0.2, -0.15) is 0 Å². The van der Waals surface area contributed by atoms with Gasteiger partial charge < -0.3 is 18.9 Å². The Morgan fingerprint density at radius 1 is 0.952 bits per heavy atom. The molecule has 116 valence electrons. The highest BCUT2D eigenvalue weighted by Crippen LogP contribution is 2.39. The molecule has 0 aliphatic carbocycles. The monoisotopic (exact) mass is 296 g/mol. The van der Waals surface area contributed by atoms with Gasteiger partial charge in [0.1, 0.15) is 23.7 Å². The zero-order valence-corrected chi connectivity index (χ0v) is 13.2. The second-order valence-corrected chi connectivity index (χ2v) is 4.44. The molecule has 0 saturated carbocycles. The molecule has 1 aromatic carbocycles. The molecule has 0 bridgehead atoms. The summed E-state index contributed by atoms with van der Waals surface area (Å²) in [7, 11) is 4.28. The molecule has 1 rings (SSSR count). The van der Waals surface area contributed by atoms with Gasteiger partial charge in [0.15, 0.2) is 0 Å². The second-order valence-electron chi connectivity index (χ2n) is 4.44. The molecule has 0 heterocycles. The van der Waals surface area contributed by atoms with E-state index in [9.17, 15) is 9.59 Å². The van der Waals surface area contributed by atoms with Crippen molar-refractivity contribution in [3.8, 4) is 11.5 Å². The zero-order chi connectivity index (χ0) is 16.2. The Hall–Kier alpha value is -2.24. The van der Waals surface area contributed by atoms with E-state index in [0.717, 1.165) is 0 Å². The summed E-state index contributed by atoms with van der Waals surface area (Å²) >= 11 is 0. The lowest BCUT2D eigenvalue weighted by molar-refractivity contribution is -0.142. The number of ether oxygens (including phenoxy) is 4. The van der Waals surface area contributed by atoms with Gasteiger partial charge in [-0.25, -0.2) is 4.79 Å². The van der Waals surface area contributed by atoms with Gasteiger partial charge in [-0.05, 0) is 19.4 Å². The van der Waals surface area contributed by atoms with Crippen LogP contribution in [0.2, 0.25) is 0 Å². The molecule has 0 aliphatic heterocycles. The van der Waals surface area contributed by atoms with Crippen LogP contribution in [0, 0.1) is 13.8 Å². The van der Waals surface area contributed by atoms with Gasteiger partial charge in [0.05, 0.1) is 21.3 Å². The molecule has 0 N–H and O–H groups in total. The van der Waals surface area contributed by atoms with Crippen LogP contribution in [0.4, 0.5) is 0 Å². The lowest BCUT2D eigenvalue weighted by Crippen LogP contribution is -2.13. The molecule has 0 radical (unpaired) electrons. The summed E-state index contributed by atoms with van der Waals surface area (Å²) in [4.78, 5) is 23.0. The third-order valence-corrected chi connectivity index (χ3v) is 3.23. The molecule has 0 atom stereocenters. The fourth-order valence-corrected chi connectivity index (χ4v) is 2.24. The Kier molecular flexibility index (Phi) is 5.58. The van der Waals surface area contributed by atoms with E-state index in [1.54, 1.807) is 13.8 Å². The van der Waals surface area contributed by atoms with Gasteiger partial charge in [0.2, 0.25) is 0 Å². The molecule has 0 spiro atoms. The first-order valence-corrected chi connectivity index (χ1v) is 6.34. The topological polar surface area (TPSA) is 71.1 Å². The number of hydrogen-bond acceptors (Lipinski definition) is 6. The molecule has 1 aromatic rings. The van der Waals surface area contributed by atoms with Crippen LogP contribution in [0.25, 0.3) is 0 Å². The summed E-state index contributed by atoms with van der Waals surface area (Å²) in [5, 5.41) is 0. The molecule has 21 heavy (non-hydrogen) atoms. The van der Waals surface area contributed by atoms with Crippen molar-refractivity contribution in [2.45, 2.75) is 27.4 Å². The second kappa shape index (κ2) is 6.97. The third-order valence-electron chi connectivity index (χ3n) is 3.23. The van der Waals surface area contributed by atoms with Gasteiger partial charge in [0, 0.05) is 18.1 Å². The first kappa shape index (κ1) is 16.8. The van der Waals surface area contributed by atoms with Gasteiger partial charge >= 0.3 is 11.9 Å². The maximum absolute atomic E-state index is 12.0. The molecule has 0 aromatic heterocycles. The summed E-state index contributed by atoms with van der Waals surface area (Å²) in [5.41, 5.74) is 2.17. The Balaban J connectivity index is 3.58. The average Bonchev–Trinajstić information content (AvgIpc) is 2.45. The SMILES string of the molecule is COC(=O)c1c(C)c(COC(C)=O)c(OC)c(C)c1OC. The highest BCUT2D eigenvalue weighted by Gasteiger charge is 2.26. The smallest absolute Gasteiger partial charge is 0.341 e. The van der Waals surface area contributed by atoms with Crippen LogP contribution in [-0.4, -0.2) is 33.3 Å². The van der Waals surface area contributed by atoms with E-state index in [-0.39, 0.29) is 6.61 Å². The fraction of sp³-hybridized carbons (Fsp3) is 0.467. The van der Waals surface area contributed by atoms with Crippen LogP contribution in [0.15, 0.2) is 0 Å². The lowest BCUT2D eigenvalue weighted by atomic mass is 9.96. The fourth-order valence-electron chi connectivity index (χ4n) is 2.24. The molecular formula is C15H20O6. The first-order chi connectivity index (χ1) is 9.88. The standard InChI is InChI=1S/C15H20O6/c1-8-11(7-21-10(3)16)13(18-4)9(2)14(19-5)12(8)15(17)20-6/h7H2,1-6H3. The highest BCUT2D eigenvalue weighted by atomic mass is 16.5. The van der Waals surface area contributed by atoms with Crippen molar-refractivity contribution in [2.75, 3.05) is 21.3 Å². The van der Waals surface area contributed by atoms with E-state index < -0.39 is 11.9 Å². The van der Waals surface area contributed by atoms with E-state index in [4.69, 9.17) is 18.9 Å². The molecule has 0 saturated heterocycles. The normalized spacial score (nSPS) is 10.0. The van der Waals surface area contributed by atoms with E-state index in [1.807, 2.05) is 0 Å². The van der Waals surface area contributed by atoms with E-state index in [1.165, 1.54) is 28.3 Å². The molecular weight excluding hydrogens is 276 g/mol.